The lowest BCUT2D eigenvalue weighted by Gasteiger charge is -2.31. The second-order valence-corrected chi connectivity index (χ2v) is 6.49. The van der Waals surface area contributed by atoms with Crippen LogP contribution in [0.5, 0.6) is 5.75 Å². The molecule has 1 atom stereocenters. The molecular weight excluding hydrogens is 348 g/mol. The first-order valence-electron chi connectivity index (χ1n) is 8.97. The quantitative estimate of drug-likeness (QED) is 0.718. The molecule has 0 aliphatic carbocycles. The average molecular weight is 375 g/mol. The molecule has 0 heterocycles. The van der Waals surface area contributed by atoms with E-state index in [4.69, 9.17) is 16.3 Å². The topological polar surface area (TPSA) is 41.6 Å². The molecule has 0 aliphatic heterocycles. The predicted octanol–water partition coefficient (Wildman–Crippen LogP) is 4.09. The van der Waals surface area contributed by atoms with E-state index < -0.39 is 0 Å². The first kappa shape index (κ1) is 20.3. The van der Waals surface area contributed by atoms with Gasteiger partial charge >= 0.3 is 0 Å². The number of benzene rings is 2. The second-order valence-electron chi connectivity index (χ2n) is 6.09. The van der Waals surface area contributed by atoms with Crippen molar-refractivity contribution in [3.8, 4) is 5.75 Å². The number of likely N-dealkylation sites (N-methyl/N-ethyl adjacent to an activating group) is 1. The van der Waals surface area contributed by atoms with E-state index >= 15 is 0 Å². The Bertz CT molecular complexity index is 699. The number of hydrogen-bond donors (Lipinski definition) is 1. The van der Waals surface area contributed by atoms with E-state index in [0.717, 1.165) is 35.0 Å². The van der Waals surface area contributed by atoms with Crippen molar-refractivity contribution in [2.75, 3.05) is 26.7 Å². The monoisotopic (exact) mass is 374 g/mol. The Labute approximate surface area is 161 Å². The molecule has 0 spiro atoms. The largest absolute Gasteiger partial charge is 0.497 e. The van der Waals surface area contributed by atoms with Gasteiger partial charge in [-0.15, -0.1) is 0 Å². The van der Waals surface area contributed by atoms with Crippen LogP contribution in [0.1, 0.15) is 31.0 Å². The number of methoxy groups -OCH3 is 1. The van der Waals surface area contributed by atoms with Crippen molar-refractivity contribution in [1.29, 1.82) is 0 Å². The maximum atomic E-state index is 12.4. The molecule has 2 aromatic rings. The van der Waals surface area contributed by atoms with E-state index in [1.807, 2.05) is 48.5 Å². The normalized spacial score (nSPS) is 12.0. The molecule has 0 unspecified atom stereocenters. The van der Waals surface area contributed by atoms with Crippen molar-refractivity contribution in [3.63, 3.8) is 0 Å². The molecule has 26 heavy (non-hydrogen) atoms. The summed E-state index contributed by atoms with van der Waals surface area (Å²) in [6, 6.07) is 15.4. The molecule has 2 rings (SSSR count). The van der Waals surface area contributed by atoms with E-state index in [9.17, 15) is 4.79 Å². The highest BCUT2D eigenvalue weighted by Gasteiger charge is 2.21. The van der Waals surface area contributed by atoms with Gasteiger partial charge in [0, 0.05) is 11.6 Å². The lowest BCUT2D eigenvalue weighted by atomic mass is 10.0. The summed E-state index contributed by atoms with van der Waals surface area (Å²) in [4.78, 5) is 14.7. The summed E-state index contributed by atoms with van der Waals surface area (Å²) in [5.74, 6) is 0.786. The summed E-state index contributed by atoms with van der Waals surface area (Å²) in [6.07, 6.45) is 0.345. The summed E-state index contributed by atoms with van der Waals surface area (Å²) in [7, 11) is 1.63. The average Bonchev–Trinajstić information content (AvgIpc) is 2.66. The minimum Gasteiger partial charge on any atom is -0.497 e. The summed E-state index contributed by atoms with van der Waals surface area (Å²) in [5, 5.41) is 3.79. The molecule has 0 aromatic heterocycles. The Morgan fingerprint density at radius 2 is 1.77 bits per heavy atom. The van der Waals surface area contributed by atoms with E-state index in [-0.39, 0.29) is 11.9 Å². The van der Waals surface area contributed by atoms with Crippen LogP contribution in [0.4, 0.5) is 0 Å². The number of hydrogen-bond acceptors (Lipinski definition) is 3. The summed E-state index contributed by atoms with van der Waals surface area (Å²) < 4.78 is 5.15. The van der Waals surface area contributed by atoms with Crippen LogP contribution in [0, 0.1) is 0 Å². The van der Waals surface area contributed by atoms with Gasteiger partial charge in [0.2, 0.25) is 5.91 Å². The molecule has 0 bridgehead atoms. The predicted molar refractivity (Wildman–Crippen MR) is 107 cm³/mol. The smallest absolute Gasteiger partial charge is 0.224 e. The number of ether oxygens (including phenoxy) is 1. The summed E-state index contributed by atoms with van der Waals surface area (Å²) in [6.45, 7) is 6.54. The number of nitrogens with one attached hydrogen (secondary N) is 1. The van der Waals surface area contributed by atoms with Gasteiger partial charge in [-0.05, 0) is 42.4 Å². The van der Waals surface area contributed by atoms with Gasteiger partial charge in [-0.2, -0.15) is 0 Å². The Morgan fingerprint density at radius 3 is 2.35 bits per heavy atom. The van der Waals surface area contributed by atoms with Crippen molar-refractivity contribution < 1.29 is 9.53 Å². The zero-order valence-electron chi connectivity index (χ0n) is 15.7. The standard InChI is InChI=1S/C21H27ClN2O2/c1-4-24(5-2)20(18-8-6-7-9-19(18)22)15-23-21(25)14-16-10-12-17(26-3)13-11-16/h6-13,20H,4-5,14-15H2,1-3H3,(H,23,25)/t20-/m1/s1. The second kappa shape index (κ2) is 10.2. The fourth-order valence-electron chi connectivity index (χ4n) is 3.05. The third kappa shape index (κ3) is 5.48. The van der Waals surface area contributed by atoms with Gasteiger partial charge in [0.25, 0.3) is 0 Å². The lowest BCUT2D eigenvalue weighted by Crippen LogP contribution is -2.38. The van der Waals surface area contributed by atoms with Crippen molar-refractivity contribution >= 4 is 17.5 Å². The van der Waals surface area contributed by atoms with Crippen molar-refractivity contribution in [1.82, 2.24) is 10.2 Å². The molecule has 2 aromatic carbocycles. The molecule has 4 nitrogen and oxygen atoms in total. The number of nitrogens with zero attached hydrogens (tertiary/aromatic N) is 1. The van der Waals surface area contributed by atoms with Crippen LogP contribution in [0.15, 0.2) is 48.5 Å². The number of halogens is 1. The maximum absolute atomic E-state index is 12.4. The fourth-order valence-corrected chi connectivity index (χ4v) is 3.31. The highest BCUT2D eigenvalue weighted by Crippen LogP contribution is 2.27. The Balaban J connectivity index is 2.03. The van der Waals surface area contributed by atoms with Crippen LogP contribution < -0.4 is 10.1 Å². The SMILES string of the molecule is CCN(CC)[C@H](CNC(=O)Cc1ccc(OC)cc1)c1ccccc1Cl. The molecule has 0 radical (unpaired) electrons. The molecule has 0 fully saturated rings. The van der Waals surface area contributed by atoms with Crippen LogP contribution in [-0.2, 0) is 11.2 Å². The van der Waals surface area contributed by atoms with Gasteiger partial charge in [0.05, 0.1) is 19.6 Å². The van der Waals surface area contributed by atoms with Crippen LogP contribution in [0.25, 0.3) is 0 Å². The molecule has 5 heteroatoms. The van der Waals surface area contributed by atoms with E-state index in [1.54, 1.807) is 7.11 Å². The number of carbonyl (C=O) groups is 1. The molecule has 0 aliphatic rings. The van der Waals surface area contributed by atoms with Gasteiger partial charge in [-0.1, -0.05) is 55.8 Å². The molecule has 140 valence electrons. The van der Waals surface area contributed by atoms with Gasteiger partial charge in [0.1, 0.15) is 5.75 Å². The third-order valence-electron chi connectivity index (χ3n) is 4.53. The highest BCUT2D eigenvalue weighted by molar-refractivity contribution is 6.31. The van der Waals surface area contributed by atoms with Crippen molar-refractivity contribution in [2.24, 2.45) is 0 Å². The first-order chi connectivity index (χ1) is 12.6. The first-order valence-corrected chi connectivity index (χ1v) is 9.34. The highest BCUT2D eigenvalue weighted by atomic mass is 35.5. The van der Waals surface area contributed by atoms with Crippen LogP contribution >= 0.6 is 11.6 Å². The fraction of sp³-hybridized carbons (Fsp3) is 0.381. The third-order valence-corrected chi connectivity index (χ3v) is 4.88. The van der Waals surface area contributed by atoms with Crippen LogP contribution in [-0.4, -0.2) is 37.6 Å². The zero-order chi connectivity index (χ0) is 18.9. The molecule has 0 saturated carbocycles. The molecule has 1 N–H and O–H groups in total. The molecule has 1 amide bonds. The minimum atomic E-state index is -0.000577. The summed E-state index contributed by atoms with van der Waals surface area (Å²) in [5.41, 5.74) is 2.00. The Kier molecular flexibility index (Phi) is 7.95. The van der Waals surface area contributed by atoms with Crippen molar-refractivity contribution in [3.05, 3.63) is 64.7 Å². The minimum absolute atomic E-state index is 0.000577. The van der Waals surface area contributed by atoms with E-state index in [0.29, 0.717) is 13.0 Å². The zero-order valence-corrected chi connectivity index (χ0v) is 16.4. The maximum Gasteiger partial charge on any atom is 0.224 e. The molecule has 0 saturated heterocycles. The van der Waals surface area contributed by atoms with E-state index in [1.165, 1.54) is 0 Å². The summed E-state index contributed by atoms with van der Waals surface area (Å²) >= 11 is 6.40. The Hall–Kier alpha value is -2.04. The van der Waals surface area contributed by atoms with Gasteiger partial charge in [-0.3, -0.25) is 9.69 Å². The number of amides is 1. The van der Waals surface area contributed by atoms with Gasteiger partial charge in [0.15, 0.2) is 0 Å². The van der Waals surface area contributed by atoms with Crippen molar-refractivity contribution in [2.45, 2.75) is 26.3 Å². The van der Waals surface area contributed by atoms with Gasteiger partial charge < -0.3 is 10.1 Å². The van der Waals surface area contributed by atoms with E-state index in [2.05, 4.69) is 24.1 Å². The molecular formula is C21H27ClN2O2. The Morgan fingerprint density at radius 1 is 1.12 bits per heavy atom. The van der Waals surface area contributed by atoms with Gasteiger partial charge in [-0.25, -0.2) is 0 Å². The number of rotatable bonds is 9. The van der Waals surface area contributed by atoms with Crippen LogP contribution in [0.2, 0.25) is 5.02 Å². The van der Waals surface area contributed by atoms with Crippen LogP contribution in [0.3, 0.4) is 0 Å². The number of carbonyl (C=O) groups excluding carboxylic acids is 1. The lowest BCUT2D eigenvalue weighted by molar-refractivity contribution is -0.120.